The van der Waals surface area contributed by atoms with Gasteiger partial charge in [-0.15, -0.1) is 0 Å². The average molecular weight is 282 g/mol. The van der Waals surface area contributed by atoms with Crippen LogP contribution in [0.5, 0.6) is 0 Å². The van der Waals surface area contributed by atoms with Gasteiger partial charge < -0.3 is 14.2 Å². The van der Waals surface area contributed by atoms with Crippen molar-refractivity contribution in [1.82, 2.24) is 0 Å². The zero-order valence-electron chi connectivity index (χ0n) is 13.7. The molecule has 3 heteroatoms. The van der Waals surface area contributed by atoms with Crippen LogP contribution >= 0.6 is 0 Å². The van der Waals surface area contributed by atoms with E-state index in [4.69, 9.17) is 14.2 Å². The average Bonchev–Trinajstić information content (AvgIpc) is 3.00. The smallest absolute Gasteiger partial charge is 0.146 e. The number of allylic oxidation sites excluding steroid dienone is 4. The number of epoxide rings is 1. The summed E-state index contributed by atoms with van der Waals surface area (Å²) in [6, 6.07) is 0. The van der Waals surface area contributed by atoms with E-state index in [0.29, 0.717) is 13.4 Å². The number of rotatable bonds is 10. The third kappa shape index (κ3) is 6.69. The molecule has 2 unspecified atom stereocenters. The van der Waals surface area contributed by atoms with Crippen LogP contribution in [0, 0.1) is 0 Å². The molecule has 1 aliphatic heterocycles. The van der Waals surface area contributed by atoms with Gasteiger partial charge in [0.25, 0.3) is 0 Å². The van der Waals surface area contributed by atoms with Gasteiger partial charge in [-0.3, -0.25) is 0 Å². The predicted octanol–water partition coefficient (Wildman–Crippen LogP) is 4.24. The van der Waals surface area contributed by atoms with Gasteiger partial charge in [0.15, 0.2) is 0 Å². The van der Waals surface area contributed by atoms with E-state index >= 15 is 0 Å². The molecule has 0 aromatic heterocycles. The molecule has 3 nitrogen and oxygen atoms in total. The van der Waals surface area contributed by atoms with Crippen molar-refractivity contribution in [1.29, 1.82) is 0 Å². The van der Waals surface area contributed by atoms with E-state index in [-0.39, 0.29) is 11.7 Å². The zero-order chi connectivity index (χ0) is 15.0. The minimum absolute atomic E-state index is 0.00440. The SMILES string of the molecule is COCOCC1OC1(C)CC/C=C(\C)CCC=C(C)C. The number of methoxy groups -OCH3 is 1. The highest BCUT2D eigenvalue weighted by Gasteiger charge is 2.51. The first-order valence-electron chi connectivity index (χ1n) is 7.51. The summed E-state index contributed by atoms with van der Waals surface area (Å²) in [5.41, 5.74) is 2.87. The Labute approximate surface area is 124 Å². The number of hydrogen-bond donors (Lipinski definition) is 0. The zero-order valence-corrected chi connectivity index (χ0v) is 13.7. The third-order valence-corrected chi connectivity index (χ3v) is 3.73. The minimum atomic E-state index is 0.00440. The molecule has 0 spiro atoms. The normalized spacial score (nSPS) is 25.6. The highest BCUT2D eigenvalue weighted by atomic mass is 16.7. The molecule has 0 aromatic carbocycles. The molecule has 0 bridgehead atoms. The Morgan fingerprint density at radius 2 is 1.95 bits per heavy atom. The van der Waals surface area contributed by atoms with Crippen molar-refractivity contribution in [3.8, 4) is 0 Å². The van der Waals surface area contributed by atoms with Gasteiger partial charge in [-0.25, -0.2) is 0 Å². The molecule has 0 N–H and O–H groups in total. The fourth-order valence-electron chi connectivity index (χ4n) is 2.26. The van der Waals surface area contributed by atoms with E-state index in [9.17, 15) is 0 Å². The van der Waals surface area contributed by atoms with Gasteiger partial charge in [-0.05, 0) is 53.4 Å². The maximum atomic E-state index is 5.73. The largest absolute Gasteiger partial charge is 0.364 e. The van der Waals surface area contributed by atoms with Gasteiger partial charge in [0, 0.05) is 7.11 Å². The summed E-state index contributed by atoms with van der Waals surface area (Å²) < 4.78 is 15.9. The second-order valence-electron chi connectivity index (χ2n) is 6.11. The monoisotopic (exact) mass is 282 g/mol. The Morgan fingerprint density at radius 1 is 1.20 bits per heavy atom. The van der Waals surface area contributed by atoms with Gasteiger partial charge in [0.2, 0.25) is 0 Å². The molecule has 0 aliphatic carbocycles. The van der Waals surface area contributed by atoms with E-state index in [1.807, 2.05) is 0 Å². The summed E-state index contributed by atoms with van der Waals surface area (Å²) in [7, 11) is 1.63. The van der Waals surface area contributed by atoms with E-state index in [2.05, 4.69) is 39.8 Å². The van der Waals surface area contributed by atoms with Crippen molar-refractivity contribution in [3.63, 3.8) is 0 Å². The molecule has 0 radical (unpaired) electrons. The summed E-state index contributed by atoms with van der Waals surface area (Å²) in [6.45, 7) is 9.66. The maximum Gasteiger partial charge on any atom is 0.146 e. The lowest BCUT2D eigenvalue weighted by molar-refractivity contribution is -0.0352. The minimum Gasteiger partial charge on any atom is -0.364 e. The van der Waals surface area contributed by atoms with Crippen molar-refractivity contribution < 1.29 is 14.2 Å². The first kappa shape index (κ1) is 17.4. The Bertz CT molecular complexity index is 342. The fourth-order valence-corrected chi connectivity index (χ4v) is 2.26. The Balaban J connectivity index is 2.15. The second-order valence-corrected chi connectivity index (χ2v) is 6.11. The predicted molar refractivity (Wildman–Crippen MR) is 82.8 cm³/mol. The summed E-state index contributed by atoms with van der Waals surface area (Å²) in [5, 5.41) is 0. The quantitative estimate of drug-likeness (QED) is 0.260. The van der Waals surface area contributed by atoms with Gasteiger partial charge in [-0.1, -0.05) is 23.3 Å². The Morgan fingerprint density at radius 3 is 2.60 bits per heavy atom. The lowest BCUT2D eigenvalue weighted by Crippen LogP contribution is -2.14. The molecule has 1 fully saturated rings. The van der Waals surface area contributed by atoms with Crippen molar-refractivity contribution in [3.05, 3.63) is 23.3 Å². The first-order valence-corrected chi connectivity index (χ1v) is 7.51. The van der Waals surface area contributed by atoms with Crippen LogP contribution in [-0.4, -0.2) is 32.2 Å². The molecule has 1 heterocycles. The van der Waals surface area contributed by atoms with Crippen LogP contribution in [0.2, 0.25) is 0 Å². The molecule has 2 atom stereocenters. The van der Waals surface area contributed by atoms with Crippen LogP contribution < -0.4 is 0 Å². The molecule has 1 saturated heterocycles. The lowest BCUT2D eigenvalue weighted by Gasteiger charge is -2.05. The van der Waals surface area contributed by atoms with Gasteiger partial charge in [-0.2, -0.15) is 0 Å². The standard InChI is InChI=1S/C17H30O3/c1-14(2)8-6-9-15(3)10-7-11-17(4)16(20-17)12-19-13-18-5/h8,10,16H,6-7,9,11-13H2,1-5H3/b15-10+. The van der Waals surface area contributed by atoms with Crippen LogP contribution in [0.1, 0.15) is 53.4 Å². The molecule has 0 amide bonds. The Kier molecular flexibility index (Phi) is 7.49. The van der Waals surface area contributed by atoms with Crippen molar-refractivity contribution in [2.75, 3.05) is 20.5 Å². The van der Waals surface area contributed by atoms with Crippen LogP contribution in [0.15, 0.2) is 23.3 Å². The number of hydrogen-bond acceptors (Lipinski definition) is 3. The summed E-state index contributed by atoms with van der Waals surface area (Å²) in [4.78, 5) is 0. The highest BCUT2D eigenvalue weighted by Crippen LogP contribution is 2.40. The highest BCUT2D eigenvalue weighted by molar-refractivity contribution is 5.05. The summed E-state index contributed by atoms with van der Waals surface area (Å²) >= 11 is 0. The van der Waals surface area contributed by atoms with E-state index in [1.54, 1.807) is 7.11 Å². The molecular formula is C17H30O3. The number of ether oxygens (including phenoxy) is 3. The summed E-state index contributed by atoms with van der Waals surface area (Å²) in [6.07, 6.45) is 9.32. The molecule has 0 aromatic rings. The first-order chi connectivity index (χ1) is 9.48. The van der Waals surface area contributed by atoms with Crippen LogP contribution in [-0.2, 0) is 14.2 Å². The van der Waals surface area contributed by atoms with Crippen molar-refractivity contribution in [2.24, 2.45) is 0 Å². The molecule has 20 heavy (non-hydrogen) atoms. The third-order valence-electron chi connectivity index (χ3n) is 3.73. The lowest BCUT2D eigenvalue weighted by atomic mass is 10.00. The maximum absolute atomic E-state index is 5.73. The van der Waals surface area contributed by atoms with E-state index < -0.39 is 0 Å². The van der Waals surface area contributed by atoms with Crippen LogP contribution in [0.25, 0.3) is 0 Å². The van der Waals surface area contributed by atoms with Gasteiger partial charge in [0.1, 0.15) is 12.9 Å². The van der Waals surface area contributed by atoms with Crippen molar-refractivity contribution >= 4 is 0 Å². The Hall–Kier alpha value is -0.640. The molecule has 1 rings (SSSR count). The van der Waals surface area contributed by atoms with E-state index in [0.717, 1.165) is 25.7 Å². The fraction of sp³-hybridized carbons (Fsp3) is 0.765. The van der Waals surface area contributed by atoms with Crippen molar-refractivity contribution in [2.45, 2.75) is 65.1 Å². The molecule has 0 saturated carbocycles. The summed E-state index contributed by atoms with van der Waals surface area (Å²) in [5.74, 6) is 0. The van der Waals surface area contributed by atoms with Gasteiger partial charge in [0.05, 0.1) is 12.2 Å². The van der Waals surface area contributed by atoms with Gasteiger partial charge >= 0.3 is 0 Å². The molecular weight excluding hydrogens is 252 g/mol. The molecule has 116 valence electrons. The topological polar surface area (TPSA) is 31.0 Å². The van der Waals surface area contributed by atoms with Crippen LogP contribution in [0.3, 0.4) is 0 Å². The van der Waals surface area contributed by atoms with Crippen LogP contribution in [0.4, 0.5) is 0 Å². The van der Waals surface area contributed by atoms with E-state index in [1.165, 1.54) is 11.1 Å². The second kappa shape index (κ2) is 8.60. The molecule has 1 aliphatic rings.